The number of anilines is 1. The Morgan fingerprint density at radius 3 is 2.79 bits per heavy atom. The molecule has 2 rings (SSSR count). The van der Waals surface area contributed by atoms with Gasteiger partial charge in [0.25, 0.3) is 0 Å². The molecule has 1 unspecified atom stereocenters. The molecule has 1 aromatic rings. The molecule has 0 spiro atoms. The Balaban J connectivity index is 1.92. The average Bonchev–Trinajstić information content (AvgIpc) is 3.20. The van der Waals surface area contributed by atoms with Gasteiger partial charge in [-0.25, -0.2) is 0 Å². The highest BCUT2D eigenvalue weighted by molar-refractivity contribution is 5.49. The monoisotopic (exact) mass is 262 g/mol. The summed E-state index contributed by atoms with van der Waals surface area (Å²) >= 11 is 0. The van der Waals surface area contributed by atoms with Gasteiger partial charge in [0, 0.05) is 38.4 Å². The van der Waals surface area contributed by atoms with Crippen LogP contribution in [-0.4, -0.2) is 32.8 Å². The third-order valence-electron chi connectivity index (χ3n) is 3.46. The minimum atomic E-state index is 0.281. The number of nitrogens with zero attached hydrogens (tertiary/aromatic N) is 1. The second-order valence-electron chi connectivity index (χ2n) is 5.60. The first kappa shape index (κ1) is 14.2. The van der Waals surface area contributed by atoms with Crippen LogP contribution in [0.5, 0.6) is 5.75 Å². The molecule has 1 N–H and O–H groups in total. The summed E-state index contributed by atoms with van der Waals surface area (Å²) in [5, 5.41) is 3.56. The van der Waals surface area contributed by atoms with Gasteiger partial charge in [0.1, 0.15) is 11.9 Å². The summed E-state index contributed by atoms with van der Waals surface area (Å²) in [6.07, 6.45) is 5.20. The zero-order chi connectivity index (χ0) is 13.7. The normalized spacial score (nSPS) is 16.2. The zero-order valence-electron chi connectivity index (χ0n) is 12.4. The number of hydrogen-bond acceptors (Lipinski definition) is 3. The lowest BCUT2D eigenvalue weighted by molar-refractivity contribution is 0.186. The SMILES string of the molecule is CCCC(CNC1CC1)Oc1cccc(N(C)C)c1. The summed E-state index contributed by atoms with van der Waals surface area (Å²) in [5.74, 6) is 0.974. The molecule has 0 amide bonds. The summed E-state index contributed by atoms with van der Waals surface area (Å²) in [4.78, 5) is 2.10. The molecule has 0 aromatic heterocycles. The van der Waals surface area contributed by atoms with Gasteiger partial charge in [0.2, 0.25) is 0 Å². The summed E-state index contributed by atoms with van der Waals surface area (Å²) < 4.78 is 6.13. The fourth-order valence-corrected chi connectivity index (χ4v) is 2.14. The van der Waals surface area contributed by atoms with Crippen LogP contribution in [0.2, 0.25) is 0 Å². The van der Waals surface area contributed by atoms with Crippen molar-refractivity contribution in [3.05, 3.63) is 24.3 Å². The molecule has 106 valence electrons. The van der Waals surface area contributed by atoms with Crippen LogP contribution in [0.1, 0.15) is 32.6 Å². The van der Waals surface area contributed by atoms with Gasteiger partial charge in [-0.1, -0.05) is 19.4 Å². The van der Waals surface area contributed by atoms with Crippen molar-refractivity contribution in [2.75, 3.05) is 25.5 Å². The number of rotatable bonds is 8. The van der Waals surface area contributed by atoms with Crippen molar-refractivity contribution < 1.29 is 4.74 Å². The molecule has 0 saturated heterocycles. The van der Waals surface area contributed by atoms with Crippen molar-refractivity contribution in [2.45, 2.75) is 44.8 Å². The van der Waals surface area contributed by atoms with Crippen molar-refractivity contribution in [1.82, 2.24) is 5.32 Å². The van der Waals surface area contributed by atoms with Crippen molar-refractivity contribution in [3.8, 4) is 5.75 Å². The van der Waals surface area contributed by atoms with Crippen LogP contribution in [0.25, 0.3) is 0 Å². The van der Waals surface area contributed by atoms with Crippen molar-refractivity contribution in [1.29, 1.82) is 0 Å². The molecule has 1 atom stereocenters. The van der Waals surface area contributed by atoms with E-state index in [-0.39, 0.29) is 6.10 Å². The lowest BCUT2D eigenvalue weighted by Gasteiger charge is -2.20. The molecule has 1 aromatic carbocycles. The fraction of sp³-hybridized carbons (Fsp3) is 0.625. The third-order valence-corrected chi connectivity index (χ3v) is 3.46. The van der Waals surface area contributed by atoms with E-state index in [1.54, 1.807) is 0 Å². The van der Waals surface area contributed by atoms with Gasteiger partial charge < -0.3 is 15.0 Å². The van der Waals surface area contributed by atoms with Crippen LogP contribution < -0.4 is 15.0 Å². The Labute approximate surface area is 116 Å². The predicted molar refractivity (Wildman–Crippen MR) is 81.1 cm³/mol. The van der Waals surface area contributed by atoms with Crippen molar-refractivity contribution in [3.63, 3.8) is 0 Å². The maximum absolute atomic E-state index is 6.13. The highest BCUT2D eigenvalue weighted by Crippen LogP contribution is 2.22. The summed E-state index contributed by atoms with van der Waals surface area (Å²) in [6.45, 7) is 3.18. The highest BCUT2D eigenvalue weighted by Gasteiger charge is 2.22. The van der Waals surface area contributed by atoms with E-state index in [0.29, 0.717) is 0 Å². The number of nitrogens with one attached hydrogen (secondary N) is 1. The molecular weight excluding hydrogens is 236 g/mol. The van der Waals surface area contributed by atoms with E-state index in [9.17, 15) is 0 Å². The maximum atomic E-state index is 6.13. The van der Waals surface area contributed by atoms with Crippen LogP contribution in [0.15, 0.2) is 24.3 Å². The number of benzene rings is 1. The maximum Gasteiger partial charge on any atom is 0.121 e. The molecule has 1 saturated carbocycles. The summed E-state index contributed by atoms with van der Waals surface area (Å²) in [7, 11) is 4.11. The van der Waals surface area contributed by atoms with Gasteiger partial charge in [-0.2, -0.15) is 0 Å². The lowest BCUT2D eigenvalue weighted by atomic mass is 10.2. The molecule has 19 heavy (non-hydrogen) atoms. The van der Waals surface area contributed by atoms with E-state index >= 15 is 0 Å². The molecule has 3 heteroatoms. The fourth-order valence-electron chi connectivity index (χ4n) is 2.14. The Morgan fingerprint density at radius 1 is 1.37 bits per heavy atom. The summed E-state index contributed by atoms with van der Waals surface area (Å²) in [6, 6.07) is 9.06. The first-order chi connectivity index (χ1) is 9.19. The molecular formula is C16H26N2O. The van der Waals surface area contributed by atoms with Gasteiger partial charge >= 0.3 is 0 Å². The predicted octanol–water partition coefficient (Wildman–Crippen LogP) is 3.05. The largest absolute Gasteiger partial charge is 0.489 e. The van der Waals surface area contributed by atoms with Crippen LogP contribution in [0, 0.1) is 0 Å². The molecule has 0 radical (unpaired) electrons. The molecule has 0 bridgehead atoms. The first-order valence-corrected chi connectivity index (χ1v) is 7.36. The van der Waals surface area contributed by atoms with Gasteiger partial charge in [-0.15, -0.1) is 0 Å². The molecule has 0 heterocycles. The zero-order valence-corrected chi connectivity index (χ0v) is 12.4. The van der Waals surface area contributed by atoms with Gasteiger partial charge in [0.05, 0.1) is 0 Å². The quantitative estimate of drug-likeness (QED) is 0.779. The minimum absolute atomic E-state index is 0.281. The number of ether oxygens (including phenoxy) is 1. The molecule has 0 aliphatic heterocycles. The van der Waals surface area contributed by atoms with Crippen molar-refractivity contribution >= 4 is 5.69 Å². The van der Waals surface area contributed by atoms with E-state index < -0.39 is 0 Å². The Hall–Kier alpha value is -1.22. The van der Waals surface area contributed by atoms with E-state index in [4.69, 9.17) is 4.74 Å². The Kier molecular flexibility index (Phi) is 5.08. The highest BCUT2D eigenvalue weighted by atomic mass is 16.5. The number of hydrogen-bond donors (Lipinski definition) is 1. The second-order valence-corrected chi connectivity index (χ2v) is 5.60. The van der Waals surface area contributed by atoms with Gasteiger partial charge in [0.15, 0.2) is 0 Å². The smallest absolute Gasteiger partial charge is 0.121 e. The third kappa shape index (κ3) is 4.75. The van der Waals surface area contributed by atoms with Gasteiger partial charge in [-0.05, 0) is 31.4 Å². The van der Waals surface area contributed by atoms with Crippen molar-refractivity contribution in [2.24, 2.45) is 0 Å². The molecule has 3 nitrogen and oxygen atoms in total. The van der Waals surface area contributed by atoms with Gasteiger partial charge in [-0.3, -0.25) is 0 Å². The Morgan fingerprint density at radius 2 is 2.16 bits per heavy atom. The Bertz CT molecular complexity index is 388. The lowest BCUT2D eigenvalue weighted by Crippen LogP contribution is -2.32. The standard InChI is InChI=1S/C16H26N2O/c1-4-6-16(12-17-13-9-10-13)19-15-8-5-7-14(11-15)18(2)3/h5,7-8,11,13,16-17H,4,6,9-10,12H2,1-3H3. The summed E-state index contributed by atoms with van der Waals surface area (Å²) in [5.41, 5.74) is 1.18. The second kappa shape index (κ2) is 6.80. The average molecular weight is 262 g/mol. The van der Waals surface area contributed by atoms with Crippen LogP contribution in [0.4, 0.5) is 5.69 Å². The van der Waals surface area contributed by atoms with E-state index in [0.717, 1.165) is 31.2 Å². The van der Waals surface area contributed by atoms with Crippen LogP contribution in [-0.2, 0) is 0 Å². The minimum Gasteiger partial charge on any atom is -0.489 e. The van der Waals surface area contributed by atoms with E-state index in [2.05, 4.69) is 49.4 Å². The topological polar surface area (TPSA) is 24.5 Å². The molecule has 1 aliphatic carbocycles. The molecule has 1 fully saturated rings. The van der Waals surface area contributed by atoms with E-state index in [1.807, 2.05) is 6.07 Å². The van der Waals surface area contributed by atoms with Crippen LogP contribution in [0.3, 0.4) is 0 Å². The molecule has 1 aliphatic rings. The first-order valence-electron chi connectivity index (χ1n) is 7.36. The van der Waals surface area contributed by atoms with E-state index in [1.165, 1.54) is 18.5 Å². The van der Waals surface area contributed by atoms with Crippen LogP contribution >= 0.6 is 0 Å².